The van der Waals surface area contributed by atoms with Gasteiger partial charge in [0.05, 0.1) is 0 Å². The second kappa shape index (κ2) is 3.42. The van der Waals surface area contributed by atoms with Crippen molar-refractivity contribution in [3.8, 4) is 5.75 Å². The van der Waals surface area contributed by atoms with E-state index in [2.05, 4.69) is 0 Å². The summed E-state index contributed by atoms with van der Waals surface area (Å²) in [5.74, 6) is -1.12. The van der Waals surface area contributed by atoms with Crippen LogP contribution < -0.4 is 4.90 Å². The molecular weight excluding hydrogens is 199 g/mol. The molecule has 1 aromatic carbocycles. The number of aromatic hydroxyl groups is 1. The zero-order valence-electron chi connectivity index (χ0n) is 8.27. The van der Waals surface area contributed by atoms with Gasteiger partial charge in [0.1, 0.15) is 0 Å². The number of phenolic OH excluding ortho intramolecular Hbond substituents is 1. The smallest absolute Gasteiger partial charge is 0.324 e. The Kier molecular flexibility index (Phi) is 2.22. The highest BCUT2D eigenvalue weighted by Crippen LogP contribution is 2.24. The molecule has 15 heavy (non-hydrogen) atoms. The number of hydrogen-bond acceptors (Lipinski definition) is 2. The van der Waals surface area contributed by atoms with E-state index in [4.69, 9.17) is 5.11 Å². The number of phenols is 1. The van der Waals surface area contributed by atoms with Gasteiger partial charge in [0.2, 0.25) is 0 Å². The maximum atomic E-state index is 13.1. The number of urea groups is 1. The first-order valence-electron chi connectivity index (χ1n) is 4.61. The van der Waals surface area contributed by atoms with E-state index in [0.717, 1.165) is 6.07 Å². The Bertz CT molecular complexity index is 408. The standard InChI is InChI=1S/C10H11FN2O2/c1-12-4-5-13(10(12)15)7-2-3-9(14)8(11)6-7/h2-3,6,14H,4-5H2,1H3. The van der Waals surface area contributed by atoms with Crippen molar-refractivity contribution < 1.29 is 14.3 Å². The van der Waals surface area contributed by atoms with Crippen LogP contribution in [0.15, 0.2) is 18.2 Å². The number of rotatable bonds is 1. The Hall–Kier alpha value is -1.78. The summed E-state index contributed by atoms with van der Waals surface area (Å²) in [6.45, 7) is 1.17. The van der Waals surface area contributed by atoms with Gasteiger partial charge in [-0.25, -0.2) is 9.18 Å². The second-order valence-electron chi connectivity index (χ2n) is 3.49. The van der Waals surface area contributed by atoms with Gasteiger partial charge in [-0.15, -0.1) is 0 Å². The molecule has 0 bridgehead atoms. The highest BCUT2D eigenvalue weighted by atomic mass is 19.1. The summed E-state index contributed by atoms with van der Waals surface area (Å²) in [4.78, 5) is 14.6. The van der Waals surface area contributed by atoms with Crippen molar-refractivity contribution in [2.45, 2.75) is 0 Å². The zero-order valence-corrected chi connectivity index (χ0v) is 8.27. The number of benzene rings is 1. The van der Waals surface area contributed by atoms with Gasteiger partial charge in [-0.1, -0.05) is 0 Å². The predicted octanol–water partition coefficient (Wildman–Crippen LogP) is 1.40. The minimum absolute atomic E-state index is 0.153. The molecule has 0 spiro atoms. The van der Waals surface area contributed by atoms with E-state index in [1.165, 1.54) is 17.0 Å². The monoisotopic (exact) mass is 210 g/mol. The molecule has 80 valence electrons. The van der Waals surface area contributed by atoms with Gasteiger partial charge in [0, 0.05) is 31.9 Å². The quantitative estimate of drug-likeness (QED) is 0.761. The normalized spacial score (nSPS) is 16.3. The number of amides is 2. The first kappa shape index (κ1) is 9.76. The minimum Gasteiger partial charge on any atom is -0.505 e. The largest absolute Gasteiger partial charge is 0.505 e. The van der Waals surface area contributed by atoms with Crippen molar-refractivity contribution in [1.29, 1.82) is 0 Å². The highest BCUT2D eigenvalue weighted by Gasteiger charge is 2.26. The molecule has 0 atom stereocenters. The molecule has 1 aromatic rings. The van der Waals surface area contributed by atoms with Crippen LogP contribution in [0.2, 0.25) is 0 Å². The molecular formula is C10H11FN2O2. The number of halogens is 1. The van der Waals surface area contributed by atoms with E-state index in [0.29, 0.717) is 18.8 Å². The molecule has 0 unspecified atom stereocenters. The van der Waals surface area contributed by atoms with Crippen molar-refractivity contribution in [1.82, 2.24) is 4.90 Å². The van der Waals surface area contributed by atoms with E-state index >= 15 is 0 Å². The topological polar surface area (TPSA) is 43.8 Å². The number of carbonyl (C=O) groups excluding carboxylic acids is 1. The lowest BCUT2D eigenvalue weighted by Crippen LogP contribution is -2.29. The number of likely N-dealkylation sites (N-methyl/N-ethyl adjacent to an activating group) is 1. The van der Waals surface area contributed by atoms with E-state index in [1.54, 1.807) is 11.9 Å². The first-order valence-corrected chi connectivity index (χ1v) is 4.61. The fraction of sp³-hybridized carbons (Fsp3) is 0.300. The maximum Gasteiger partial charge on any atom is 0.324 e. The lowest BCUT2D eigenvalue weighted by molar-refractivity contribution is 0.229. The summed E-state index contributed by atoms with van der Waals surface area (Å²) < 4.78 is 13.1. The number of nitrogens with zero attached hydrogens (tertiary/aromatic N) is 2. The van der Waals surface area contributed by atoms with E-state index < -0.39 is 11.6 Å². The van der Waals surface area contributed by atoms with Crippen LogP contribution in [-0.4, -0.2) is 36.2 Å². The van der Waals surface area contributed by atoms with Gasteiger partial charge in [-0.2, -0.15) is 0 Å². The number of carbonyl (C=O) groups is 1. The Morgan fingerprint density at radius 1 is 1.40 bits per heavy atom. The van der Waals surface area contributed by atoms with Gasteiger partial charge in [-0.05, 0) is 12.1 Å². The Labute approximate surface area is 86.5 Å². The van der Waals surface area contributed by atoms with Crippen LogP contribution in [0.5, 0.6) is 5.75 Å². The number of anilines is 1. The van der Waals surface area contributed by atoms with Crippen molar-refractivity contribution in [2.75, 3.05) is 25.0 Å². The Morgan fingerprint density at radius 3 is 2.67 bits per heavy atom. The van der Waals surface area contributed by atoms with Crippen molar-refractivity contribution >= 4 is 11.7 Å². The van der Waals surface area contributed by atoms with Crippen LogP contribution in [0.3, 0.4) is 0 Å². The molecule has 1 fully saturated rings. The molecule has 2 rings (SSSR count). The predicted molar refractivity (Wildman–Crippen MR) is 53.4 cm³/mol. The fourth-order valence-corrected chi connectivity index (χ4v) is 1.55. The summed E-state index contributed by atoms with van der Waals surface area (Å²) in [5.41, 5.74) is 0.472. The van der Waals surface area contributed by atoms with E-state index in [1.807, 2.05) is 0 Å². The third kappa shape index (κ3) is 1.60. The SMILES string of the molecule is CN1CCN(c2ccc(O)c(F)c2)C1=O. The van der Waals surface area contributed by atoms with Crippen LogP contribution in [0.25, 0.3) is 0 Å². The van der Waals surface area contributed by atoms with E-state index in [9.17, 15) is 9.18 Å². The van der Waals surface area contributed by atoms with Gasteiger partial charge in [-0.3, -0.25) is 4.90 Å². The summed E-state index contributed by atoms with van der Waals surface area (Å²) in [6, 6.07) is 3.78. The van der Waals surface area contributed by atoms with E-state index in [-0.39, 0.29) is 6.03 Å². The summed E-state index contributed by atoms with van der Waals surface area (Å²) in [5, 5.41) is 9.02. The van der Waals surface area contributed by atoms with Crippen LogP contribution in [0.4, 0.5) is 14.9 Å². The molecule has 0 aliphatic carbocycles. The van der Waals surface area contributed by atoms with Crippen LogP contribution >= 0.6 is 0 Å². The minimum atomic E-state index is -0.713. The molecule has 1 N–H and O–H groups in total. The first-order chi connectivity index (χ1) is 7.09. The van der Waals surface area contributed by atoms with Gasteiger partial charge < -0.3 is 10.0 Å². The lowest BCUT2D eigenvalue weighted by atomic mass is 10.2. The second-order valence-corrected chi connectivity index (χ2v) is 3.49. The summed E-state index contributed by atoms with van der Waals surface area (Å²) >= 11 is 0. The van der Waals surface area contributed by atoms with Crippen LogP contribution in [0, 0.1) is 5.82 Å². The van der Waals surface area contributed by atoms with Crippen molar-refractivity contribution in [2.24, 2.45) is 0 Å². The Balaban J connectivity index is 2.31. The summed E-state index contributed by atoms with van der Waals surface area (Å²) in [7, 11) is 1.69. The Morgan fingerprint density at radius 2 is 2.13 bits per heavy atom. The van der Waals surface area contributed by atoms with Crippen molar-refractivity contribution in [3.63, 3.8) is 0 Å². The molecule has 0 aromatic heterocycles. The molecule has 2 amide bonds. The molecule has 4 nitrogen and oxygen atoms in total. The van der Waals surface area contributed by atoms with Gasteiger partial charge in [0.25, 0.3) is 0 Å². The molecule has 5 heteroatoms. The highest BCUT2D eigenvalue weighted by molar-refractivity contribution is 5.93. The fourth-order valence-electron chi connectivity index (χ4n) is 1.55. The molecule has 1 saturated heterocycles. The van der Waals surface area contributed by atoms with Gasteiger partial charge >= 0.3 is 6.03 Å². The maximum absolute atomic E-state index is 13.1. The van der Waals surface area contributed by atoms with Crippen LogP contribution in [0.1, 0.15) is 0 Å². The molecule has 1 heterocycles. The van der Waals surface area contributed by atoms with Crippen molar-refractivity contribution in [3.05, 3.63) is 24.0 Å². The molecule has 1 aliphatic heterocycles. The molecule has 1 aliphatic rings. The lowest BCUT2D eigenvalue weighted by Gasteiger charge is -2.16. The third-order valence-electron chi connectivity index (χ3n) is 2.46. The van der Waals surface area contributed by atoms with Gasteiger partial charge in [0.15, 0.2) is 11.6 Å². The summed E-state index contributed by atoms with van der Waals surface area (Å²) in [6.07, 6.45) is 0. The average Bonchev–Trinajstić information content (AvgIpc) is 2.53. The number of hydrogen-bond donors (Lipinski definition) is 1. The van der Waals surface area contributed by atoms with Crippen LogP contribution in [-0.2, 0) is 0 Å². The average molecular weight is 210 g/mol. The zero-order chi connectivity index (χ0) is 11.0. The third-order valence-corrected chi connectivity index (χ3v) is 2.46. The molecule has 0 saturated carbocycles. The molecule has 0 radical (unpaired) electrons.